The van der Waals surface area contributed by atoms with E-state index >= 15 is 0 Å². The van der Waals surface area contributed by atoms with Gasteiger partial charge < -0.3 is 15.4 Å². The molecule has 1 saturated carbocycles. The van der Waals surface area contributed by atoms with Gasteiger partial charge in [0.05, 0.1) is 13.7 Å². The van der Waals surface area contributed by atoms with Crippen LogP contribution in [-0.2, 0) is 6.54 Å². The third-order valence-electron chi connectivity index (χ3n) is 4.24. The first-order valence-electron chi connectivity index (χ1n) is 8.98. The number of thioether (sulfide) groups is 1. The number of nitrogens with zero attached hydrogens (tertiary/aromatic N) is 2. The zero-order chi connectivity index (χ0) is 18.2. The van der Waals surface area contributed by atoms with Crippen molar-refractivity contribution in [3.63, 3.8) is 0 Å². The number of methoxy groups -OCH3 is 1. The van der Waals surface area contributed by atoms with Gasteiger partial charge in [-0.25, -0.2) is 9.98 Å². The van der Waals surface area contributed by atoms with Gasteiger partial charge in [0.2, 0.25) is 5.88 Å². The molecule has 2 aromatic rings. The molecule has 1 heterocycles. The number of benzene rings is 1. The maximum Gasteiger partial charge on any atom is 0.213 e. The van der Waals surface area contributed by atoms with Gasteiger partial charge in [-0.15, -0.1) is 35.7 Å². The summed E-state index contributed by atoms with van der Waals surface area (Å²) in [7, 11) is 1.63. The molecule has 0 saturated heterocycles. The highest BCUT2D eigenvalue weighted by Crippen LogP contribution is 2.51. The Bertz CT molecular complexity index is 738. The van der Waals surface area contributed by atoms with E-state index in [2.05, 4.69) is 52.9 Å². The van der Waals surface area contributed by atoms with E-state index in [-0.39, 0.29) is 28.7 Å². The van der Waals surface area contributed by atoms with E-state index < -0.39 is 0 Å². The van der Waals surface area contributed by atoms with Crippen LogP contribution < -0.4 is 15.4 Å². The van der Waals surface area contributed by atoms with Gasteiger partial charge in [-0.3, -0.25) is 0 Å². The number of hydrogen-bond acceptors (Lipinski definition) is 4. The summed E-state index contributed by atoms with van der Waals surface area (Å²) >= 11 is 1.97. The number of pyridine rings is 1. The van der Waals surface area contributed by atoms with Crippen LogP contribution in [0.4, 0.5) is 0 Å². The van der Waals surface area contributed by atoms with E-state index in [0.29, 0.717) is 12.4 Å². The van der Waals surface area contributed by atoms with E-state index in [4.69, 9.17) is 9.73 Å². The molecule has 0 bridgehead atoms. The van der Waals surface area contributed by atoms with Crippen LogP contribution in [0.3, 0.4) is 0 Å². The van der Waals surface area contributed by atoms with Gasteiger partial charge in [-0.1, -0.05) is 18.2 Å². The summed E-state index contributed by atoms with van der Waals surface area (Å²) in [5, 5.41) is 6.84. The second-order valence-corrected chi connectivity index (χ2v) is 7.89. The molecule has 1 aromatic heterocycles. The molecule has 0 spiro atoms. The summed E-state index contributed by atoms with van der Waals surface area (Å²) in [6, 6.07) is 14.5. The minimum Gasteiger partial charge on any atom is -0.481 e. The molecule has 146 valence electrons. The highest BCUT2D eigenvalue weighted by Gasteiger charge is 2.43. The van der Waals surface area contributed by atoms with Crippen LogP contribution >= 0.6 is 35.7 Å². The maximum atomic E-state index is 5.17. The monoisotopic (exact) mass is 498 g/mol. The fourth-order valence-electron chi connectivity index (χ4n) is 2.61. The average Bonchev–Trinajstić information content (AvgIpc) is 3.44. The van der Waals surface area contributed by atoms with Crippen LogP contribution in [0, 0.1) is 0 Å². The van der Waals surface area contributed by atoms with E-state index in [1.54, 1.807) is 13.3 Å². The van der Waals surface area contributed by atoms with E-state index in [1.165, 1.54) is 17.7 Å². The van der Waals surface area contributed by atoms with Crippen molar-refractivity contribution in [2.75, 3.05) is 20.2 Å². The van der Waals surface area contributed by atoms with Crippen molar-refractivity contribution in [2.45, 2.75) is 36.0 Å². The van der Waals surface area contributed by atoms with Gasteiger partial charge >= 0.3 is 0 Å². The smallest absolute Gasteiger partial charge is 0.213 e. The Balaban J connectivity index is 0.00000261. The van der Waals surface area contributed by atoms with Crippen LogP contribution in [0.15, 0.2) is 58.5 Å². The lowest BCUT2D eigenvalue weighted by Gasteiger charge is -2.18. The molecule has 0 unspecified atom stereocenters. The SMILES string of the molecule is CCNC(=NCc1ccnc(OC)c1)NCC1(Sc2ccccc2)CC1.I. The first-order valence-corrected chi connectivity index (χ1v) is 9.80. The number of guanidine groups is 1. The molecule has 27 heavy (non-hydrogen) atoms. The molecule has 1 aliphatic carbocycles. The molecule has 1 fully saturated rings. The Morgan fingerprint density at radius 1 is 1.22 bits per heavy atom. The summed E-state index contributed by atoms with van der Waals surface area (Å²) in [4.78, 5) is 10.2. The standard InChI is InChI=1S/C20H26N4OS.HI/c1-3-21-19(23-14-16-9-12-22-18(13-16)25-2)24-15-20(10-11-20)26-17-7-5-4-6-8-17;/h4-9,12-13H,3,10-11,14-15H2,1-2H3,(H2,21,23,24);1H. The van der Waals surface area contributed by atoms with Gasteiger partial charge in [-0.05, 0) is 43.5 Å². The van der Waals surface area contributed by atoms with Gasteiger partial charge in [0.15, 0.2) is 5.96 Å². The van der Waals surface area contributed by atoms with Gasteiger partial charge in [0.1, 0.15) is 0 Å². The van der Waals surface area contributed by atoms with Crippen LogP contribution in [0.1, 0.15) is 25.3 Å². The lowest BCUT2D eigenvalue weighted by Crippen LogP contribution is -2.41. The number of rotatable bonds is 8. The summed E-state index contributed by atoms with van der Waals surface area (Å²) in [5.41, 5.74) is 1.08. The Morgan fingerprint density at radius 3 is 2.67 bits per heavy atom. The lowest BCUT2D eigenvalue weighted by atomic mass is 10.3. The molecule has 0 amide bonds. The van der Waals surface area contributed by atoms with Crippen molar-refractivity contribution >= 4 is 41.7 Å². The first-order chi connectivity index (χ1) is 12.7. The Morgan fingerprint density at radius 2 is 2.00 bits per heavy atom. The number of aromatic nitrogens is 1. The summed E-state index contributed by atoms with van der Waals surface area (Å²) in [6.07, 6.45) is 4.22. The predicted molar refractivity (Wildman–Crippen MR) is 123 cm³/mol. The Labute approximate surface area is 182 Å². The predicted octanol–water partition coefficient (Wildman–Crippen LogP) is 4.09. The number of ether oxygens (including phenoxy) is 1. The number of nitrogens with one attached hydrogen (secondary N) is 2. The van der Waals surface area contributed by atoms with Crippen molar-refractivity contribution in [3.8, 4) is 5.88 Å². The summed E-state index contributed by atoms with van der Waals surface area (Å²) in [6.45, 7) is 4.42. The molecular weight excluding hydrogens is 471 g/mol. The van der Waals surface area contributed by atoms with Crippen molar-refractivity contribution in [3.05, 3.63) is 54.2 Å². The largest absolute Gasteiger partial charge is 0.481 e. The van der Waals surface area contributed by atoms with Crippen molar-refractivity contribution in [2.24, 2.45) is 4.99 Å². The third kappa shape index (κ3) is 6.88. The lowest BCUT2D eigenvalue weighted by molar-refractivity contribution is 0.397. The molecular formula is C20H27IN4OS. The maximum absolute atomic E-state index is 5.17. The zero-order valence-corrected chi connectivity index (χ0v) is 18.9. The molecule has 0 aliphatic heterocycles. The van der Waals surface area contributed by atoms with Gasteiger partial charge in [-0.2, -0.15) is 0 Å². The minimum absolute atomic E-state index is 0. The second kappa shape index (κ2) is 10.8. The van der Waals surface area contributed by atoms with Gasteiger partial charge in [0.25, 0.3) is 0 Å². The van der Waals surface area contributed by atoms with E-state index in [9.17, 15) is 0 Å². The molecule has 5 nitrogen and oxygen atoms in total. The molecule has 7 heteroatoms. The van der Waals surface area contributed by atoms with E-state index in [0.717, 1.165) is 24.6 Å². The first kappa shape index (κ1) is 21.8. The van der Waals surface area contributed by atoms with Crippen LogP contribution in [0.5, 0.6) is 5.88 Å². The summed E-state index contributed by atoms with van der Waals surface area (Å²) in [5.74, 6) is 1.47. The third-order valence-corrected chi connectivity index (χ3v) is 5.73. The number of aliphatic imine (C=N–C) groups is 1. The summed E-state index contributed by atoms with van der Waals surface area (Å²) < 4.78 is 5.46. The van der Waals surface area contributed by atoms with Gasteiger partial charge in [0, 0.05) is 35.0 Å². The highest BCUT2D eigenvalue weighted by atomic mass is 127. The molecule has 0 radical (unpaired) electrons. The van der Waals surface area contributed by atoms with Crippen molar-refractivity contribution in [1.82, 2.24) is 15.6 Å². The fourth-order valence-corrected chi connectivity index (χ4v) is 3.85. The highest BCUT2D eigenvalue weighted by molar-refractivity contribution is 14.0. The van der Waals surface area contributed by atoms with Crippen molar-refractivity contribution in [1.29, 1.82) is 0 Å². The Hall–Kier alpha value is -1.48. The minimum atomic E-state index is 0. The van der Waals surface area contributed by atoms with Crippen LogP contribution in [0.25, 0.3) is 0 Å². The zero-order valence-electron chi connectivity index (χ0n) is 15.8. The molecule has 0 atom stereocenters. The second-order valence-electron chi connectivity index (χ2n) is 6.35. The number of halogens is 1. The fraction of sp³-hybridized carbons (Fsp3) is 0.400. The van der Waals surface area contributed by atoms with Crippen molar-refractivity contribution < 1.29 is 4.74 Å². The molecule has 3 rings (SSSR count). The van der Waals surface area contributed by atoms with Crippen LogP contribution in [-0.4, -0.2) is 35.9 Å². The number of hydrogen-bond donors (Lipinski definition) is 2. The van der Waals surface area contributed by atoms with E-state index in [1.807, 2.05) is 23.9 Å². The molecule has 1 aromatic carbocycles. The Kier molecular flexibility index (Phi) is 8.69. The van der Waals surface area contributed by atoms with Crippen LogP contribution in [0.2, 0.25) is 0 Å². The topological polar surface area (TPSA) is 58.5 Å². The quantitative estimate of drug-likeness (QED) is 0.326. The normalized spacial score (nSPS) is 14.8. The molecule has 1 aliphatic rings. The average molecular weight is 498 g/mol. The molecule has 2 N–H and O–H groups in total.